The summed E-state index contributed by atoms with van der Waals surface area (Å²) in [5.41, 5.74) is 3.85. The van der Waals surface area contributed by atoms with Gasteiger partial charge in [0.2, 0.25) is 0 Å². The minimum Gasteiger partial charge on any atom is -0.383 e. The van der Waals surface area contributed by atoms with E-state index in [1.165, 1.54) is 0 Å². The zero-order valence-electron chi connectivity index (χ0n) is 9.98. The van der Waals surface area contributed by atoms with Crippen LogP contribution in [-0.2, 0) is 7.05 Å². The van der Waals surface area contributed by atoms with E-state index in [1.54, 1.807) is 11.3 Å². The Morgan fingerprint density at radius 3 is 2.50 bits per heavy atom. The molecule has 1 unspecified atom stereocenters. The van der Waals surface area contributed by atoms with Crippen molar-refractivity contribution < 1.29 is 5.11 Å². The third kappa shape index (κ3) is 1.68. The number of hydrogen-bond donors (Lipinski definition) is 1. The van der Waals surface area contributed by atoms with E-state index in [0.29, 0.717) is 0 Å². The second-order valence-electron chi connectivity index (χ2n) is 4.04. The van der Waals surface area contributed by atoms with Crippen LogP contribution in [0.1, 0.15) is 33.5 Å². The van der Waals surface area contributed by atoms with Crippen molar-refractivity contribution in [1.82, 2.24) is 9.78 Å². The molecule has 2 aromatic rings. The molecule has 0 amide bonds. The van der Waals surface area contributed by atoms with Gasteiger partial charge in [0.05, 0.1) is 5.69 Å². The van der Waals surface area contributed by atoms with Gasteiger partial charge in [-0.3, -0.25) is 4.68 Å². The second-order valence-corrected chi connectivity index (χ2v) is 5.16. The van der Waals surface area contributed by atoms with Crippen LogP contribution in [0.15, 0.2) is 11.4 Å². The fraction of sp³-hybridized carbons (Fsp3) is 0.417. The molecule has 0 fully saturated rings. The summed E-state index contributed by atoms with van der Waals surface area (Å²) in [5, 5.41) is 16.7. The van der Waals surface area contributed by atoms with Gasteiger partial charge in [0, 0.05) is 23.2 Å². The molecule has 0 saturated heterocycles. The highest BCUT2D eigenvalue weighted by atomic mass is 32.1. The number of aromatic nitrogens is 2. The maximum atomic E-state index is 10.4. The van der Waals surface area contributed by atoms with Crippen molar-refractivity contribution in [3.8, 4) is 0 Å². The van der Waals surface area contributed by atoms with E-state index < -0.39 is 6.10 Å². The standard InChI is InChI=1S/C12H16N2OS/c1-7-11(8(2)14(4)13-7)12(15)10-5-6-16-9(10)3/h5-6,12,15H,1-4H3. The first-order valence-electron chi connectivity index (χ1n) is 5.24. The molecule has 0 aliphatic heterocycles. The fourth-order valence-electron chi connectivity index (χ4n) is 2.02. The molecule has 4 heteroatoms. The van der Waals surface area contributed by atoms with E-state index in [-0.39, 0.29) is 0 Å². The first-order chi connectivity index (χ1) is 7.52. The van der Waals surface area contributed by atoms with Crippen LogP contribution in [0.2, 0.25) is 0 Å². The highest BCUT2D eigenvalue weighted by molar-refractivity contribution is 7.10. The van der Waals surface area contributed by atoms with E-state index in [1.807, 2.05) is 43.9 Å². The highest BCUT2D eigenvalue weighted by Gasteiger charge is 2.21. The van der Waals surface area contributed by atoms with Gasteiger partial charge in [-0.15, -0.1) is 11.3 Å². The van der Waals surface area contributed by atoms with Gasteiger partial charge in [-0.05, 0) is 37.8 Å². The van der Waals surface area contributed by atoms with Crippen molar-refractivity contribution in [3.63, 3.8) is 0 Å². The number of aryl methyl sites for hydroxylation is 3. The van der Waals surface area contributed by atoms with E-state index >= 15 is 0 Å². The molecule has 0 saturated carbocycles. The van der Waals surface area contributed by atoms with Crippen LogP contribution in [0.4, 0.5) is 0 Å². The van der Waals surface area contributed by atoms with Gasteiger partial charge in [0.15, 0.2) is 0 Å². The monoisotopic (exact) mass is 236 g/mol. The van der Waals surface area contributed by atoms with Crippen LogP contribution in [0, 0.1) is 20.8 Å². The summed E-state index contributed by atoms with van der Waals surface area (Å²) >= 11 is 1.66. The van der Waals surface area contributed by atoms with Gasteiger partial charge in [0.1, 0.15) is 6.10 Å². The van der Waals surface area contributed by atoms with E-state index in [9.17, 15) is 5.11 Å². The predicted octanol–water partition coefficient (Wildman–Crippen LogP) is 2.49. The predicted molar refractivity (Wildman–Crippen MR) is 65.8 cm³/mol. The summed E-state index contributed by atoms with van der Waals surface area (Å²) in [6.45, 7) is 5.96. The Balaban J connectivity index is 2.49. The third-order valence-corrected chi connectivity index (χ3v) is 3.89. The molecule has 0 aliphatic carbocycles. The molecule has 0 spiro atoms. The Kier molecular flexibility index (Phi) is 2.86. The number of nitrogens with zero attached hydrogens (tertiary/aromatic N) is 2. The second kappa shape index (κ2) is 4.03. The summed E-state index contributed by atoms with van der Waals surface area (Å²) in [6.07, 6.45) is -0.556. The molecule has 0 aromatic carbocycles. The van der Waals surface area contributed by atoms with Crippen molar-refractivity contribution in [2.45, 2.75) is 26.9 Å². The smallest absolute Gasteiger partial charge is 0.109 e. The number of aliphatic hydroxyl groups is 1. The molecule has 1 atom stereocenters. The van der Waals surface area contributed by atoms with Crippen LogP contribution in [0.5, 0.6) is 0 Å². The molecular weight excluding hydrogens is 220 g/mol. The molecule has 86 valence electrons. The Bertz CT molecular complexity index is 513. The van der Waals surface area contributed by atoms with Gasteiger partial charge in [-0.2, -0.15) is 5.10 Å². The third-order valence-electron chi connectivity index (χ3n) is 3.03. The lowest BCUT2D eigenvalue weighted by molar-refractivity contribution is 0.218. The maximum Gasteiger partial charge on any atom is 0.109 e. The molecule has 0 bridgehead atoms. The summed E-state index contributed by atoms with van der Waals surface area (Å²) in [5.74, 6) is 0. The molecular formula is C12H16N2OS. The number of aliphatic hydroxyl groups excluding tert-OH is 1. The number of thiophene rings is 1. The van der Waals surface area contributed by atoms with Crippen molar-refractivity contribution in [2.24, 2.45) is 7.05 Å². The van der Waals surface area contributed by atoms with Crippen LogP contribution in [0.25, 0.3) is 0 Å². The van der Waals surface area contributed by atoms with Crippen molar-refractivity contribution >= 4 is 11.3 Å². The molecule has 0 radical (unpaired) electrons. The Labute approximate surface area is 99.4 Å². The largest absolute Gasteiger partial charge is 0.383 e. The molecule has 2 heterocycles. The van der Waals surface area contributed by atoms with Crippen molar-refractivity contribution in [1.29, 1.82) is 0 Å². The van der Waals surface area contributed by atoms with Crippen molar-refractivity contribution in [2.75, 3.05) is 0 Å². The minimum atomic E-state index is -0.556. The Morgan fingerprint density at radius 1 is 1.38 bits per heavy atom. The Hall–Kier alpha value is -1.13. The Morgan fingerprint density at radius 2 is 2.06 bits per heavy atom. The van der Waals surface area contributed by atoms with E-state index in [2.05, 4.69) is 5.10 Å². The quantitative estimate of drug-likeness (QED) is 0.870. The van der Waals surface area contributed by atoms with E-state index in [4.69, 9.17) is 0 Å². The lowest BCUT2D eigenvalue weighted by atomic mass is 10.0. The highest BCUT2D eigenvalue weighted by Crippen LogP contribution is 2.31. The lowest BCUT2D eigenvalue weighted by Crippen LogP contribution is -2.03. The topological polar surface area (TPSA) is 38.0 Å². The summed E-state index contributed by atoms with van der Waals surface area (Å²) < 4.78 is 1.82. The maximum absolute atomic E-state index is 10.4. The van der Waals surface area contributed by atoms with Crippen LogP contribution < -0.4 is 0 Å². The first-order valence-corrected chi connectivity index (χ1v) is 6.12. The fourth-order valence-corrected chi connectivity index (χ4v) is 2.75. The average molecular weight is 236 g/mol. The molecule has 2 aromatic heterocycles. The zero-order chi connectivity index (χ0) is 11.9. The van der Waals surface area contributed by atoms with Crippen LogP contribution in [0.3, 0.4) is 0 Å². The molecule has 0 aliphatic rings. The van der Waals surface area contributed by atoms with Crippen molar-refractivity contribution in [3.05, 3.63) is 38.8 Å². The van der Waals surface area contributed by atoms with Crippen LogP contribution >= 0.6 is 11.3 Å². The summed E-state index contributed by atoms with van der Waals surface area (Å²) in [7, 11) is 1.90. The molecule has 16 heavy (non-hydrogen) atoms. The van der Waals surface area contributed by atoms with Gasteiger partial charge >= 0.3 is 0 Å². The average Bonchev–Trinajstić information content (AvgIpc) is 2.73. The van der Waals surface area contributed by atoms with Gasteiger partial charge in [-0.1, -0.05) is 0 Å². The molecule has 2 rings (SSSR count). The zero-order valence-corrected chi connectivity index (χ0v) is 10.8. The molecule has 1 N–H and O–H groups in total. The first kappa shape index (κ1) is 11.4. The normalized spacial score (nSPS) is 13.1. The lowest BCUT2D eigenvalue weighted by Gasteiger charge is -2.11. The SMILES string of the molecule is Cc1nn(C)c(C)c1C(O)c1ccsc1C. The number of hydrogen-bond acceptors (Lipinski definition) is 3. The van der Waals surface area contributed by atoms with Gasteiger partial charge in [0.25, 0.3) is 0 Å². The van der Waals surface area contributed by atoms with E-state index in [0.717, 1.165) is 27.4 Å². The minimum absolute atomic E-state index is 0.556. The van der Waals surface area contributed by atoms with Crippen LogP contribution in [-0.4, -0.2) is 14.9 Å². The number of rotatable bonds is 2. The summed E-state index contributed by atoms with van der Waals surface area (Å²) in [6, 6.07) is 1.98. The van der Waals surface area contributed by atoms with Gasteiger partial charge in [-0.25, -0.2) is 0 Å². The van der Waals surface area contributed by atoms with Gasteiger partial charge < -0.3 is 5.11 Å². The molecule has 3 nitrogen and oxygen atoms in total. The summed E-state index contributed by atoms with van der Waals surface area (Å²) in [4.78, 5) is 1.16.